The highest BCUT2D eigenvalue weighted by atomic mass is 35.5. The fraction of sp³-hybridized carbons (Fsp3) is 0.462. The molecule has 0 aliphatic heterocycles. The predicted octanol–water partition coefficient (Wildman–Crippen LogP) is 2.43. The molecule has 3 nitrogen and oxygen atoms in total. The number of nitrogens with one attached hydrogen (secondary N) is 1. The third-order valence-corrected chi connectivity index (χ3v) is 3.66. The highest BCUT2D eigenvalue weighted by Gasteiger charge is 2.17. The molecule has 1 amide bonds. The summed E-state index contributed by atoms with van der Waals surface area (Å²) in [5.41, 5.74) is 6.38. The molecule has 0 saturated carbocycles. The number of hydrogen-bond acceptors (Lipinski definition) is 3. The molecule has 0 aromatic heterocycles. The molecule has 0 aliphatic rings. The third-order valence-electron chi connectivity index (χ3n) is 2.40. The van der Waals surface area contributed by atoms with E-state index in [1.54, 1.807) is 11.8 Å². The second-order valence-electron chi connectivity index (χ2n) is 4.76. The highest BCUT2D eigenvalue weighted by molar-refractivity contribution is 7.99. The van der Waals surface area contributed by atoms with Crippen LogP contribution >= 0.6 is 23.4 Å². The Balaban J connectivity index is 2.29. The quantitative estimate of drug-likeness (QED) is 0.844. The van der Waals surface area contributed by atoms with Crippen molar-refractivity contribution in [3.05, 3.63) is 34.9 Å². The summed E-state index contributed by atoms with van der Waals surface area (Å²) in [6.45, 7) is 4.25. The zero-order valence-electron chi connectivity index (χ0n) is 10.7. The molecule has 0 fully saturated rings. The van der Waals surface area contributed by atoms with Gasteiger partial charge in [0.2, 0.25) is 5.91 Å². The molecule has 0 bridgehead atoms. The van der Waals surface area contributed by atoms with Crippen molar-refractivity contribution >= 4 is 29.3 Å². The Bertz CT molecular complexity index is 392. The summed E-state index contributed by atoms with van der Waals surface area (Å²) in [5, 5.41) is 3.62. The number of carbonyl (C=O) groups excluding carboxylic acids is 1. The van der Waals surface area contributed by atoms with Crippen molar-refractivity contribution in [1.82, 2.24) is 5.32 Å². The van der Waals surface area contributed by atoms with Gasteiger partial charge in [-0.15, -0.1) is 11.8 Å². The van der Waals surface area contributed by atoms with E-state index in [-0.39, 0.29) is 11.4 Å². The molecule has 0 aliphatic carbocycles. The first-order valence-electron chi connectivity index (χ1n) is 5.76. The molecular formula is C13H19ClN2OS. The van der Waals surface area contributed by atoms with Crippen LogP contribution in [0.15, 0.2) is 24.3 Å². The van der Waals surface area contributed by atoms with E-state index in [2.05, 4.69) is 5.32 Å². The van der Waals surface area contributed by atoms with E-state index in [4.69, 9.17) is 17.3 Å². The normalized spacial score (nSPS) is 11.3. The van der Waals surface area contributed by atoms with E-state index in [0.29, 0.717) is 12.3 Å². The Morgan fingerprint density at radius 2 is 2.00 bits per heavy atom. The summed E-state index contributed by atoms with van der Waals surface area (Å²) in [5.74, 6) is 1.25. The van der Waals surface area contributed by atoms with Gasteiger partial charge < -0.3 is 11.1 Å². The fourth-order valence-corrected chi connectivity index (χ4v) is 2.22. The first kappa shape index (κ1) is 15.3. The van der Waals surface area contributed by atoms with Crippen LogP contribution in [0.4, 0.5) is 0 Å². The summed E-state index contributed by atoms with van der Waals surface area (Å²) in [4.78, 5) is 11.7. The van der Waals surface area contributed by atoms with Crippen LogP contribution in [0.1, 0.15) is 19.4 Å². The number of hydrogen-bond donors (Lipinski definition) is 2. The molecule has 100 valence electrons. The summed E-state index contributed by atoms with van der Waals surface area (Å²) in [7, 11) is 0. The molecule has 5 heteroatoms. The zero-order chi connectivity index (χ0) is 13.6. The molecule has 0 unspecified atom stereocenters. The molecular weight excluding hydrogens is 268 g/mol. The van der Waals surface area contributed by atoms with Crippen molar-refractivity contribution in [1.29, 1.82) is 0 Å². The minimum atomic E-state index is -0.335. The van der Waals surface area contributed by atoms with Gasteiger partial charge in [-0.2, -0.15) is 0 Å². The van der Waals surface area contributed by atoms with E-state index in [0.717, 1.165) is 16.3 Å². The fourth-order valence-electron chi connectivity index (χ4n) is 1.31. The van der Waals surface area contributed by atoms with Crippen LogP contribution in [-0.4, -0.2) is 23.7 Å². The van der Waals surface area contributed by atoms with Crippen LogP contribution in [0.5, 0.6) is 0 Å². The third kappa shape index (κ3) is 5.76. The maximum absolute atomic E-state index is 11.7. The van der Waals surface area contributed by atoms with Crippen molar-refractivity contribution in [2.45, 2.75) is 25.1 Å². The summed E-state index contributed by atoms with van der Waals surface area (Å²) in [6.07, 6.45) is 0. The van der Waals surface area contributed by atoms with E-state index >= 15 is 0 Å². The molecule has 1 rings (SSSR count). The Hall–Kier alpha value is -0.710. The number of carbonyl (C=O) groups is 1. The molecule has 1 aromatic carbocycles. The number of benzene rings is 1. The van der Waals surface area contributed by atoms with Crippen molar-refractivity contribution in [3.8, 4) is 0 Å². The van der Waals surface area contributed by atoms with Crippen LogP contribution in [0.3, 0.4) is 0 Å². The van der Waals surface area contributed by atoms with Crippen molar-refractivity contribution in [2.75, 3.05) is 12.3 Å². The van der Waals surface area contributed by atoms with Gasteiger partial charge >= 0.3 is 0 Å². The number of thioether (sulfide) groups is 1. The molecule has 1 aromatic rings. The van der Waals surface area contributed by atoms with Gasteiger partial charge in [-0.3, -0.25) is 4.79 Å². The predicted molar refractivity (Wildman–Crippen MR) is 78.9 cm³/mol. The number of nitrogens with two attached hydrogens (primary N) is 1. The lowest BCUT2D eigenvalue weighted by Gasteiger charge is -2.24. The van der Waals surface area contributed by atoms with Crippen LogP contribution in [0.2, 0.25) is 5.02 Å². The number of amides is 1. The molecule has 0 spiro atoms. The van der Waals surface area contributed by atoms with Gasteiger partial charge in [0.05, 0.1) is 5.75 Å². The van der Waals surface area contributed by atoms with Crippen LogP contribution < -0.4 is 11.1 Å². The SMILES string of the molecule is CC(C)(CN)NC(=O)CSCc1ccc(Cl)cc1. The van der Waals surface area contributed by atoms with E-state index in [9.17, 15) is 4.79 Å². The lowest BCUT2D eigenvalue weighted by atomic mass is 10.1. The standard InChI is InChI=1S/C13H19ClN2OS/c1-13(2,9-15)16-12(17)8-18-7-10-3-5-11(14)6-4-10/h3-6H,7-9,15H2,1-2H3,(H,16,17). The molecule has 0 saturated heterocycles. The Morgan fingerprint density at radius 1 is 1.39 bits per heavy atom. The Kier molecular flexibility index (Phi) is 5.99. The first-order valence-corrected chi connectivity index (χ1v) is 7.29. The lowest BCUT2D eigenvalue weighted by Crippen LogP contribution is -2.49. The van der Waals surface area contributed by atoms with Crippen LogP contribution in [-0.2, 0) is 10.5 Å². The average Bonchev–Trinajstić information content (AvgIpc) is 2.31. The van der Waals surface area contributed by atoms with Gasteiger partial charge in [-0.05, 0) is 31.5 Å². The summed E-state index contributed by atoms with van der Waals surface area (Å²) >= 11 is 7.38. The first-order chi connectivity index (χ1) is 8.43. The monoisotopic (exact) mass is 286 g/mol. The second-order valence-corrected chi connectivity index (χ2v) is 6.18. The molecule has 3 N–H and O–H groups in total. The minimum Gasteiger partial charge on any atom is -0.349 e. The molecule has 0 heterocycles. The summed E-state index contributed by atoms with van der Waals surface area (Å²) in [6, 6.07) is 7.65. The zero-order valence-corrected chi connectivity index (χ0v) is 12.3. The van der Waals surface area contributed by atoms with Crippen LogP contribution in [0.25, 0.3) is 0 Å². The van der Waals surface area contributed by atoms with Crippen molar-refractivity contribution < 1.29 is 4.79 Å². The van der Waals surface area contributed by atoms with E-state index in [1.165, 1.54) is 0 Å². The highest BCUT2D eigenvalue weighted by Crippen LogP contribution is 2.15. The Morgan fingerprint density at radius 3 is 2.56 bits per heavy atom. The van der Waals surface area contributed by atoms with E-state index in [1.807, 2.05) is 38.1 Å². The largest absolute Gasteiger partial charge is 0.349 e. The van der Waals surface area contributed by atoms with Crippen molar-refractivity contribution in [2.24, 2.45) is 5.73 Å². The maximum Gasteiger partial charge on any atom is 0.230 e. The topological polar surface area (TPSA) is 55.1 Å². The Labute approximate surface area is 117 Å². The number of rotatable bonds is 6. The average molecular weight is 287 g/mol. The minimum absolute atomic E-state index is 0.0180. The second kappa shape index (κ2) is 7.02. The lowest BCUT2D eigenvalue weighted by molar-refractivity contribution is -0.120. The molecule has 0 radical (unpaired) electrons. The molecule has 0 atom stereocenters. The van der Waals surface area contributed by atoms with Gasteiger partial charge in [-0.1, -0.05) is 23.7 Å². The smallest absolute Gasteiger partial charge is 0.230 e. The van der Waals surface area contributed by atoms with E-state index < -0.39 is 0 Å². The maximum atomic E-state index is 11.7. The van der Waals surface area contributed by atoms with Gasteiger partial charge in [-0.25, -0.2) is 0 Å². The van der Waals surface area contributed by atoms with Gasteiger partial charge in [0.15, 0.2) is 0 Å². The summed E-state index contributed by atoms with van der Waals surface area (Å²) < 4.78 is 0. The molecule has 18 heavy (non-hydrogen) atoms. The van der Waals surface area contributed by atoms with Gasteiger partial charge in [0.1, 0.15) is 0 Å². The number of halogens is 1. The van der Waals surface area contributed by atoms with Crippen LogP contribution in [0, 0.1) is 0 Å². The van der Waals surface area contributed by atoms with Crippen molar-refractivity contribution in [3.63, 3.8) is 0 Å². The van der Waals surface area contributed by atoms with Gasteiger partial charge in [0.25, 0.3) is 0 Å². The van der Waals surface area contributed by atoms with Gasteiger partial charge in [0, 0.05) is 22.9 Å².